The number of Topliss-reactive ketones (excluding diaryl/α,β-unsaturated/α-hetero) is 1. The van der Waals surface area contributed by atoms with Crippen LogP contribution in [0.5, 0.6) is 0 Å². The first-order valence-corrected chi connectivity index (χ1v) is 2.90. The van der Waals surface area contributed by atoms with Crippen LogP contribution in [0.2, 0.25) is 0 Å². The molecule has 0 unspecified atom stereocenters. The highest BCUT2D eigenvalue weighted by Crippen LogP contribution is 1.94. The van der Waals surface area contributed by atoms with E-state index >= 15 is 0 Å². The predicted molar refractivity (Wildman–Crippen MR) is 36.2 cm³/mol. The maximum Gasteiger partial charge on any atom is 0.378 e. The van der Waals surface area contributed by atoms with Crippen molar-refractivity contribution in [3.8, 4) is 0 Å². The van der Waals surface area contributed by atoms with Crippen LogP contribution in [0.4, 0.5) is 0 Å². The van der Waals surface area contributed by atoms with E-state index in [1.165, 1.54) is 12.3 Å². The van der Waals surface area contributed by atoms with Crippen molar-refractivity contribution in [3.05, 3.63) is 30.1 Å². The Morgan fingerprint density at radius 2 is 2.09 bits per heavy atom. The van der Waals surface area contributed by atoms with Crippen molar-refractivity contribution in [1.29, 1.82) is 0 Å². The van der Waals surface area contributed by atoms with Gasteiger partial charge in [0.15, 0.2) is 0 Å². The zero-order chi connectivity index (χ0) is 8.27. The number of carboxylic acid groups (broad SMARTS) is 1. The van der Waals surface area contributed by atoms with Crippen molar-refractivity contribution in [1.82, 2.24) is 4.98 Å². The summed E-state index contributed by atoms with van der Waals surface area (Å²) in [6.45, 7) is 0. The van der Waals surface area contributed by atoms with Gasteiger partial charge in [-0.25, -0.2) is 4.79 Å². The van der Waals surface area contributed by atoms with E-state index in [4.69, 9.17) is 5.11 Å². The van der Waals surface area contributed by atoms with E-state index in [2.05, 4.69) is 4.98 Å². The minimum absolute atomic E-state index is 0.0417. The Hall–Kier alpha value is -1.71. The lowest BCUT2D eigenvalue weighted by Crippen LogP contribution is -2.13. The van der Waals surface area contributed by atoms with Crippen LogP contribution >= 0.6 is 0 Å². The minimum Gasteiger partial charge on any atom is -0.475 e. The first kappa shape index (κ1) is 7.40. The van der Waals surface area contributed by atoms with Gasteiger partial charge >= 0.3 is 5.97 Å². The number of nitrogens with zero attached hydrogens (tertiary/aromatic N) is 1. The third-order valence-corrected chi connectivity index (χ3v) is 1.09. The third-order valence-electron chi connectivity index (χ3n) is 1.09. The maximum atomic E-state index is 10.7. The minimum atomic E-state index is -1.48. The van der Waals surface area contributed by atoms with Gasteiger partial charge in [0.1, 0.15) is 5.69 Å². The molecule has 0 saturated carbocycles. The Kier molecular flexibility index (Phi) is 1.96. The summed E-state index contributed by atoms with van der Waals surface area (Å²) in [4.78, 5) is 24.4. The molecule has 0 bridgehead atoms. The van der Waals surface area contributed by atoms with Crippen LogP contribution in [0, 0.1) is 0 Å². The molecule has 56 valence electrons. The fourth-order valence-corrected chi connectivity index (χ4v) is 0.607. The molecule has 0 fully saturated rings. The summed E-state index contributed by atoms with van der Waals surface area (Å²) in [5.74, 6) is -2.46. The molecule has 1 N–H and O–H groups in total. The molecule has 1 rings (SSSR count). The first-order chi connectivity index (χ1) is 5.22. The topological polar surface area (TPSA) is 67.3 Å². The van der Waals surface area contributed by atoms with E-state index in [0.717, 1.165) is 0 Å². The van der Waals surface area contributed by atoms with Gasteiger partial charge in [-0.05, 0) is 12.1 Å². The molecule has 11 heavy (non-hydrogen) atoms. The average Bonchev–Trinajstić information content (AvgIpc) is 2.05. The lowest BCUT2D eigenvalue weighted by Gasteiger charge is -1.90. The number of carbonyl (C=O) groups excluding carboxylic acids is 1. The second-order valence-corrected chi connectivity index (χ2v) is 1.85. The van der Waals surface area contributed by atoms with Gasteiger partial charge in [0.25, 0.3) is 5.78 Å². The Morgan fingerprint density at radius 1 is 1.36 bits per heavy atom. The van der Waals surface area contributed by atoms with E-state index in [1.807, 2.05) is 0 Å². The highest BCUT2D eigenvalue weighted by molar-refractivity contribution is 6.39. The van der Waals surface area contributed by atoms with Crippen molar-refractivity contribution in [2.45, 2.75) is 0 Å². The Labute approximate surface area is 62.5 Å². The quantitative estimate of drug-likeness (QED) is 0.377. The van der Waals surface area contributed by atoms with Gasteiger partial charge in [-0.2, -0.15) is 0 Å². The second-order valence-electron chi connectivity index (χ2n) is 1.85. The molecule has 0 aliphatic rings. The van der Waals surface area contributed by atoms with E-state index in [0.29, 0.717) is 0 Å². The summed E-state index contributed by atoms with van der Waals surface area (Å²) in [6.07, 6.45) is 1.37. The number of pyridine rings is 1. The molecular weight excluding hydrogens is 147 g/mol. The summed E-state index contributed by atoms with van der Waals surface area (Å²) >= 11 is 0. The number of aliphatic carboxylic acids is 1. The molecule has 1 aromatic rings. The SMILES string of the molecule is O=C(O)[13C](=O)c1ccccn1. The molecule has 0 atom stereocenters. The third kappa shape index (κ3) is 1.61. The van der Waals surface area contributed by atoms with E-state index < -0.39 is 11.8 Å². The summed E-state index contributed by atoms with van der Waals surface area (Å²) in [5.41, 5.74) is -0.0417. The summed E-state index contributed by atoms with van der Waals surface area (Å²) < 4.78 is 0. The fourth-order valence-electron chi connectivity index (χ4n) is 0.607. The van der Waals surface area contributed by atoms with Gasteiger partial charge in [0, 0.05) is 6.20 Å². The van der Waals surface area contributed by atoms with Crippen LogP contribution in [-0.2, 0) is 4.79 Å². The van der Waals surface area contributed by atoms with Crippen LogP contribution in [0.1, 0.15) is 10.5 Å². The molecule has 0 saturated heterocycles. The summed E-state index contributed by atoms with van der Waals surface area (Å²) in [5, 5.41) is 8.25. The van der Waals surface area contributed by atoms with Gasteiger partial charge in [-0.3, -0.25) is 9.78 Å². The molecule has 0 aliphatic heterocycles. The van der Waals surface area contributed by atoms with Crippen LogP contribution in [-0.4, -0.2) is 21.8 Å². The van der Waals surface area contributed by atoms with Crippen LogP contribution in [0.25, 0.3) is 0 Å². The number of carboxylic acids is 1. The standard InChI is InChI=1S/C7H5NO3/c9-6(7(10)11)5-3-1-2-4-8-5/h1-4H,(H,10,11)/i6+1. The molecule has 1 heterocycles. The average molecular weight is 152 g/mol. The Morgan fingerprint density at radius 3 is 2.55 bits per heavy atom. The van der Waals surface area contributed by atoms with Gasteiger partial charge in [0.2, 0.25) is 0 Å². The Bertz CT molecular complexity index is 281. The molecule has 0 spiro atoms. The smallest absolute Gasteiger partial charge is 0.378 e. The number of aromatic nitrogens is 1. The number of hydrogen-bond acceptors (Lipinski definition) is 3. The van der Waals surface area contributed by atoms with Crippen LogP contribution in [0.3, 0.4) is 0 Å². The van der Waals surface area contributed by atoms with Crippen molar-refractivity contribution in [3.63, 3.8) is 0 Å². The number of hydrogen-bond donors (Lipinski definition) is 1. The lowest BCUT2D eigenvalue weighted by atomic mass is 10.4. The van der Waals surface area contributed by atoms with Gasteiger partial charge in [0.05, 0.1) is 0 Å². The fraction of sp³-hybridized carbons (Fsp3) is 0. The molecule has 4 heteroatoms. The normalized spacial score (nSPS) is 9.09. The Balaban J connectivity index is 2.95. The van der Waals surface area contributed by atoms with E-state index in [-0.39, 0.29) is 5.69 Å². The van der Waals surface area contributed by atoms with E-state index in [9.17, 15) is 9.59 Å². The molecule has 0 aliphatic carbocycles. The van der Waals surface area contributed by atoms with Crippen molar-refractivity contribution < 1.29 is 14.7 Å². The van der Waals surface area contributed by atoms with Gasteiger partial charge < -0.3 is 5.11 Å². The highest BCUT2D eigenvalue weighted by atomic mass is 16.4. The van der Waals surface area contributed by atoms with Crippen LogP contribution in [0.15, 0.2) is 24.4 Å². The zero-order valence-corrected chi connectivity index (χ0v) is 5.52. The van der Waals surface area contributed by atoms with Crippen molar-refractivity contribution in [2.75, 3.05) is 0 Å². The van der Waals surface area contributed by atoms with Crippen LogP contribution < -0.4 is 0 Å². The monoisotopic (exact) mass is 152 g/mol. The zero-order valence-electron chi connectivity index (χ0n) is 5.52. The van der Waals surface area contributed by atoms with Crippen molar-refractivity contribution in [2.24, 2.45) is 0 Å². The molecule has 0 aromatic carbocycles. The van der Waals surface area contributed by atoms with Crippen molar-refractivity contribution >= 4 is 11.8 Å². The molecule has 0 amide bonds. The molecule has 0 radical (unpaired) electrons. The summed E-state index contributed by atoms with van der Waals surface area (Å²) in [7, 11) is 0. The molecule has 4 nitrogen and oxygen atoms in total. The second kappa shape index (κ2) is 2.92. The lowest BCUT2D eigenvalue weighted by molar-refractivity contribution is -0.131. The van der Waals surface area contributed by atoms with Gasteiger partial charge in [-0.15, -0.1) is 0 Å². The predicted octanol–water partition coefficient (Wildman–Crippen LogP) is 0.349. The molecule has 1 aromatic heterocycles. The van der Waals surface area contributed by atoms with Gasteiger partial charge in [-0.1, -0.05) is 6.07 Å². The maximum absolute atomic E-state index is 10.7. The number of ketones is 1. The number of carbonyl (C=O) groups is 2. The summed E-state index contributed by atoms with van der Waals surface area (Å²) in [6, 6.07) is 4.53. The largest absolute Gasteiger partial charge is 0.475 e. The highest BCUT2D eigenvalue weighted by Gasteiger charge is 2.14. The molecular formula is C7H5NO3. The first-order valence-electron chi connectivity index (χ1n) is 2.90. The van der Waals surface area contributed by atoms with E-state index in [1.54, 1.807) is 12.1 Å². The number of rotatable bonds is 2.